The Hall–Kier alpha value is -0.520. The van der Waals surface area contributed by atoms with Crippen molar-refractivity contribution in [1.82, 2.24) is 0 Å². The number of rotatable bonds is 5. The molecule has 0 heterocycles. The fraction of sp³-hybridized carbons (Fsp3) is 0.733. The van der Waals surface area contributed by atoms with Crippen molar-refractivity contribution < 1.29 is 0 Å². The molecule has 86 valence electrons. The van der Waals surface area contributed by atoms with Crippen molar-refractivity contribution >= 4 is 0 Å². The molecule has 0 saturated heterocycles. The quantitative estimate of drug-likeness (QED) is 0.575. The molecule has 0 aromatic heterocycles. The van der Waals surface area contributed by atoms with Gasteiger partial charge in [0.1, 0.15) is 0 Å². The molecule has 0 amide bonds. The summed E-state index contributed by atoms with van der Waals surface area (Å²) in [5.74, 6) is 0.782. The lowest BCUT2D eigenvalue weighted by atomic mass is 9.89. The van der Waals surface area contributed by atoms with Gasteiger partial charge in [0, 0.05) is 5.92 Å². The van der Waals surface area contributed by atoms with E-state index in [4.69, 9.17) is 0 Å². The molecule has 0 saturated carbocycles. The van der Waals surface area contributed by atoms with Crippen LogP contribution in [0.2, 0.25) is 0 Å². The van der Waals surface area contributed by atoms with Gasteiger partial charge in [-0.15, -0.1) is 0 Å². The van der Waals surface area contributed by atoms with Gasteiger partial charge in [-0.3, -0.25) is 0 Å². The molecule has 0 fully saturated rings. The topological polar surface area (TPSA) is 0 Å². The first kappa shape index (κ1) is 12.5. The van der Waals surface area contributed by atoms with Crippen LogP contribution in [0.5, 0.6) is 0 Å². The maximum Gasteiger partial charge on any atom is 0.00159 e. The Balaban J connectivity index is 3.17. The van der Waals surface area contributed by atoms with Gasteiger partial charge in [-0.1, -0.05) is 45.8 Å². The summed E-state index contributed by atoms with van der Waals surface area (Å²) >= 11 is 0. The Kier molecular flexibility index (Phi) is 4.63. The lowest BCUT2D eigenvalue weighted by Gasteiger charge is -2.16. The van der Waals surface area contributed by atoms with Crippen LogP contribution in [-0.4, -0.2) is 0 Å². The molecule has 0 aliphatic heterocycles. The van der Waals surface area contributed by atoms with Crippen LogP contribution in [-0.2, 0) is 0 Å². The largest absolute Gasteiger partial charge is 0.0645 e. The average Bonchev–Trinajstić information content (AvgIpc) is 2.59. The van der Waals surface area contributed by atoms with Gasteiger partial charge < -0.3 is 0 Å². The molecule has 0 N–H and O–H groups in total. The molecular formula is C15H26. The summed E-state index contributed by atoms with van der Waals surface area (Å²) in [7, 11) is 0. The third-order valence-electron chi connectivity index (χ3n) is 3.86. The van der Waals surface area contributed by atoms with Crippen LogP contribution in [0.15, 0.2) is 22.3 Å². The van der Waals surface area contributed by atoms with Crippen molar-refractivity contribution in [3.05, 3.63) is 22.3 Å². The van der Waals surface area contributed by atoms with E-state index in [0.29, 0.717) is 0 Å². The highest BCUT2D eigenvalue weighted by molar-refractivity contribution is 5.49. The van der Waals surface area contributed by atoms with Crippen LogP contribution in [0.1, 0.15) is 66.7 Å². The predicted molar refractivity (Wildman–Crippen MR) is 69.0 cm³/mol. The summed E-state index contributed by atoms with van der Waals surface area (Å²) in [6.45, 7) is 11.6. The van der Waals surface area contributed by atoms with Gasteiger partial charge in [-0.2, -0.15) is 0 Å². The number of allylic oxidation sites excluding steroid dienone is 4. The summed E-state index contributed by atoms with van der Waals surface area (Å²) < 4.78 is 0. The molecule has 0 heteroatoms. The normalized spacial score (nSPS) is 18.2. The first-order valence-electron chi connectivity index (χ1n) is 6.69. The van der Waals surface area contributed by atoms with E-state index in [1.54, 1.807) is 22.3 Å². The van der Waals surface area contributed by atoms with Crippen LogP contribution in [0.4, 0.5) is 0 Å². The molecule has 1 aliphatic carbocycles. The molecule has 0 spiro atoms. The lowest BCUT2D eigenvalue weighted by molar-refractivity contribution is 0.648. The van der Waals surface area contributed by atoms with Gasteiger partial charge >= 0.3 is 0 Å². The van der Waals surface area contributed by atoms with Gasteiger partial charge in [-0.25, -0.2) is 0 Å². The predicted octanol–water partition coefficient (Wildman–Crippen LogP) is 5.26. The first-order chi connectivity index (χ1) is 7.24. The standard InChI is InChI=1S/C15H26/c1-6-11-12(7-2)14(9-4)15(10-5)13(11)8-3/h11H,6-10H2,1-5H3. The summed E-state index contributed by atoms with van der Waals surface area (Å²) in [5, 5.41) is 0. The van der Waals surface area contributed by atoms with E-state index >= 15 is 0 Å². The smallest absolute Gasteiger partial charge is 0.00159 e. The Bertz CT molecular complexity index is 250. The van der Waals surface area contributed by atoms with E-state index < -0.39 is 0 Å². The molecular weight excluding hydrogens is 180 g/mol. The molecule has 0 nitrogen and oxygen atoms in total. The van der Waals surface area contributed by atoms with E-state index in [2.05, 4.69) is 34.6 Å². The second-order valence-electron chi connectivity index (χ2n) is 4.38. The summed E-state index contributed by atoms with van der Waals surface area (Å²) in [6.07, 6.45) is 6.24. The maximum absolute atomic E-state index is 2.34. The van der Waals surface area contributed by atoms with Crippen LogP contribution in [0.25, 0.3) is 0 Å². The monoisotopic (exact) mass is 206 g/mol. The Morgan fingerprint density at radius 3 is 1.27 bits per heavy atom. The van der Waals surface area contributed by atoms with E-state index in [1.807, 2.05) is 0 Å². The highest BCUT2D eigenvalue weighted by Crippen LogP contribution is 2.44. The van der Waals surface area contributed by atoms with Crippen molar-refractivity contribution in [2.24, 2.45) is 5.92 Å². The minimum atomic E-state index is 0.782. The molecule has 1 aliphatic rings. The minimum Gasteiger partial charge on any atom is -0.0645 e. The van der Waals surface area contributed by atoms with E-state index in [9.17, 15) is 0 Å². The summed E-state index contributed by atoms with van der Waals surface area (Å²) in [5.41, 5.74) is 6.88. The van der Waals surface area contributed by atoms with Crippen molar-refractivity contribution in [1.29, 1.82) is 0 Å². The highest BCUT2D eigenvalue weighted by Gasteiger charge is 2.28. The maximum atomic E-state index is 2.34. The number of hydrogen-bond donors (Lipinski definition) is 0. The van der Waals surface area contributed by atoms with Gasteiger partial charge in [0.15, 0.2) is 0 Å². The summed E-state index contributed by atoms with van der Waals surface area (Å²) in [4.78, 5) is 0. The van der Waals surface area contributed by atoms with Crippen molar-refractivity contribution in [3.8, 4) is 0 Å². The molecule has 1 rings (SSSR count). The Morgan fingerprint density at radius 1 is 0.667 bits per heavy atom. The van der Waals surface area contributed by atoms with E-state index in [0.717, 1.165) is 5.92 Å². The number of hydrogen-bond acceptors (Lipinski definition) is 0. The molecule has 0 bridgehead atoms. The highest BCUT2D eigenvalue weighted by atomic mass is 14.3. The van der Waals surface area contributed by atoms with Crippen LogP contribution in [0.3, 0.4) is 0 Å². The Morgan fingerprint density at radius 2 is 1.07 bits per heavy atom. The lowest BCUT2D eigenvalue weighted by Crippen LogP contribution is -2.02. The molecule has 0 radical (unpaired) electrons. The minimum absolute atomic E-state index is 0.782. The second kappa shape index (κ2) is 5.53. The average molecular weight is 206 g/mol. The molecule has 0 aromatic carbocycles. The van der Waals surface area contributed by atoms with E-state index in [1.165, 1.54) is 32.1 Å². The van der Waals surface area contributed by atoms with Crippen molar-refractivity contribution in [2.45, 2.75) is 66.7 Å². The zero-order valence-corrected chi connectivity index (χ0v) is 11.1. The Labute approximate surface area is 95.5 Å². The fourth-order valence-electron chi connectivity index (χ4n) is 3.31. The zero-order valence-electron chi connectivity index (χ0n) is 11.1. The fourth-order valence-corrected chi connectivity index (χ4v) is 3.31. The summed E-state index contributed by atoms with van der Waals surface area (Å²) in [6, 6.07) is 0. The first-order valence-corrected chi connectivity index (χ1v) is 6.69. The zero-order chi connectivity index (χ0) is 11.4. The molecule has 0 atom stereocenters. The van der Waals surface area contributed by atoms with Crippen molar-refractivity contribution in [3.63, 3.8) is 0 Å². The van der Waals surface area contributed by atoms with Crippen LogP contribution in [0, 0.1) is 5.92 Å². The van der Waals surface area contributed by atoms with Crippen LogP contribution < -0.4 is 0 Å². The molecule has 0 aromatic rings. The van der Waals surface area contributed by atoms with Gasteiger partial charge in [0.25, 0.3) is 0 Å². The van der Waals surface area contributed by atoms with E-state index in [-0.39, 0.29) is 0 Å². The third-order valence-corrected chi connectivity index (χ3v) is 3.86. The third kappa shape index (κ3) is 2.04. The second-order valence-corrected chi connectivity index (χ2v) is 4.38. The molecule has 0 unspecified atom stereocenters. The molecule has 15 heavy (non-hydrogen) atoms. The van der Waals surface area contributed by atoms with Gasteiger partial charge in [-0.05, 0) is 43.3 Å². The van der Waals surface area contributed by atoms with Crippen molar-refractivity contribution in [2.75, 3.05) is 0 Å². The van der Waals surface area contributed by atoms with Crippen LogP contribution >= 0.6 is 0 Å². The SMILES string of the molecule is CCC1=C(CC)C(CC)C(CC)=C1CC. The van der Waals surface area contributed by atoms with Gasteiger partial charge in [0.2, 0.25) is 0 Å². The van der Waals surface area contributed by atoms with Gasteiger partial charge in [0.05, 0.1) is 0 Å².